The van der Waals surface area contributed by atoms with Crippen molar-refractivity contribution in [1.29, 1.82) is 0 Å². The van der Waals surface area contributed by atoms with E-state index in [4.69, 9.17) is 4.74 Å². The fourth-order valence-electron chi connectivity index (χ4n) is 3.07. The number of fused-ring (bicyclic) bond motifs is 1. The van der Waals surface area contributed by atoms with E-state index in [0.29, 0.717) is 18.2 Å². The van der Waals surface area contributed by atoms with Gasteiger partial charge in [-0.2, -0.15) is 0 Å². The Balaban J connectivity index is 1.48. The van der Waals surface area contributed by atoms with Gasteiger partial charge in [0, 0.05) is 29.8 Å². The van der Waals surface area contributed by atoms with Gasteiger partial charge < -0.3 is 14.6 Å². The molecule has 1 fully saturated rings. The monoisotopic (exact) mass is 322 g/mol. The normalized spacial score (nSPS) is 17.8. The molecule has 3 heterocycles. The Morgan fingerprint density at radius 2 is 2.04 bits per heavy atom. The predicted molar refractivity (Wildman–Crippen MR) is 89.9 cm³/mol. The molecule has 0 aliphatic carbocycles. The Morgan fingerprint density at radius 1 is 1.21 bits per heavy atom. The second kappa shape index (κ2) is 6.31. The van der Waals surface area contributed by atoms with Crippen molar-refractivity contribution in [1.82, 2.24) is 19.9 Å². The zero-order valence-electron chi connectivity index (χ0n) is 13.2. The largest absolute Gasteiger partial charge is 0.458 e. The number of nitrogens with one attached hydrogen (secondary N) is 1. The van der Waals surface area contributed by atoms with E-state index in [9.17, 15) is 4.79 Å². The Morgan fingerprint density at radius 3 is 2.88 bits per heavy atom. The zero-order chi connectivity index (χ0) is 16.4. The van der Waals surface area contributed by atoms with Crippen LogP contribution in [0.15, 0.2) is 48.8 Å². The molecule has 2 aromatic heterocycles. The lowest BCUT2D eigenvalue weighted by Gasteiger charge is -2.32. The first-order valence-electron chi connectivity index (χ1n) is 8.10. The lowest BCUT2D eigenvalue weighted by atomic mass is 10.1. The molecular formula is C18H18N4O2. The summed E-state index contributed by atoms with van der Waals surface area (Å²) in [5.74, 6) is 0.00785. The highest BCUT2D eigenvalue weighted by Gasteiger charge is 2.27. The van der Waals surface area contributed by atoms with E-state index < -0.39 is 0 Å². The third-order valence-corrected chi connectivity index (χ3v) is 4.24. The van der Waals surface area contributed by atoms with Gasteiger partial charge in [-0.1, -0.05) is 18.2 Å². The van der Waals surface area contributed by atoms with Crippen LogP contribution >= 0.6 is 0 Å². The molecular weight excluding hydrogens is 304 g/mol. The minimum Gasteiger partial charge on any atom is -0.458 e. The summed E-state index contributed by atoms with van der Waals surface area (Å²) in [4.78, 5) is 26.0. The van der Waals surface area contributed by atoms with Crippen LogP contribution in [0.4, 0.5) is 0 Å². The maximum atomic E-state index is 12.8. The van der Waals surface area contributed by atoms with Gasteiger partial charge in [-0.3, -0.25) is 4.79 Å². The molecule has 0 saturated carbocycles. The molecule has 1 aliphatic heterocycles. The predicted octanol–water partition coefficient (Wildman–Crippen LogP) is 2.64. The first-order chi connectivity index (χ1) is 11.8. The Kier molecular flexibility index (Phi) is 3.86. The number of amides is 1. The highest BCUT2D eigenvalue weighted by atomic mass is 16.5. The highest BCUT2D eigenvalue weighted by molar-refractivity contribution is 5.98. The summed E-state index contributed by atoms with van der Waals surface area (Å²) >= 11 is 0. The minimum atomic E-state index is -0.0746. The fourth-order valence-corrected chi connectivity index (χ4v) is 3.07. The Bertz CT molecular complexity index is 813. The first kappa shape index (κ1) is 14.7. The summed E-state index contributed by atoms with van der Waals surface area (Å²) in [5, 5.41) is 1.04. The Labute approximate surface area is 139 Å². The number of aromatic nitrogens is 3. The van der Waals surface area contributed by atoms with Gasteiger partial charge in [-0.15, -0.1) is 0 Å². The maximum absolute atomic E-state index is 12.8. The third kappa shape index (κ3) is 2.95. The summed E-state index contributed by atoms with van der Waals surface area (Å²) in [5.41, 5.74) is 1.59. The number of hydrogen-bond acceptors (Lipinski definition) is 4. The number of piperidine rings is 1. The lowest BCUT2D eigenvalue weighted by molar-refractivity contribution is 0.0511. The van der Waals surface area contributed by atoms with Crippen molar-refractivity contribution >= 4 is 16.8 Å². The topological polar surface area (TPSA) is 71.1 Å². The van der Waals surface area contributed by atoms with Crippen molar-refractivity contribution in [2.24, 2.45) is 0 Å². The molecule has 6 nitrogen and oxygen atoms in total. The molecule has 24 heavy (non-hydrogen) atoms. The van der Waals surface area contributed by atoms with Crippen molar-refractivity contribution in [2.75, 3.05) is 13.1 Å². The molecule has 6 heteroatoms. The number of ether oxygens (including phenoxy) is 1. The molecule has 3 aromatic rings. The number of rotatable bonds is 3. The standard InChI is InChI=1S/C18H18N4O2/c23-17(16-11-13-5-1-2-7-15(13)21-16)22-10-3-6-14(12-22)24-18-19-8-4-9-20-18/h1-2,4-5,7-9,11,14,21H,3,6,10,12H2. The van der Waals surface area contributed by atoms with Gasteiger partial charge in [0.15, 0.2) is 0 Å². The molecule has 0 bridgehead atoms. The van der Waals surface area contributed by atoms with Gasteiger partial charge >= 0.3 is 6.01 Å². The van der Waals surface area contributed by atoms with Gasteiger partial charge in [0.05, 0.1) is 6.54 Å². The van der Waals surface area contributed by atoms with Crippen LogP contribution in [0, 0.1) is 0 Å². The zero-order valence-corrected chi connectivity index (χ0v) is 13.2. The number of benzene rings is 1. The summed E-state index contributed by atoms with van der Waals surface area (Å²) in [6.45, 7) is 1.29. The average Bonchev–Trinajstić information content (AvgIpc) is 3.06. The number of nitrogens with zero attached hydrogens (tertiary/aromatic N) is 3. The van der Waals surface area contributed by atoms with Crippen LogP contribution in [0.2, 0.25) is 0 Å². The van der Waals surface area contributed by atoms with Gasteiger partial charge in [0.1, 0.15) is 11.8 Å². The van der Waals surface area contributed by atoms with Crippen LogP contribution in [0.1, 0.15) is 23.3 Å². The molecule has 4 rings (SSSR count). The molecule has 1 atom stereocenters. The van der Waals surface area contributed by atoms with E-state index in [-0.39, 0.29) is 12.0 Å². The molecule has 1 saturated heterocycles. The van der Waals surface area contributed by atoms with E-state index in [1.54, 1.807) is 18.5 Å². The van der Waals surface area contributed by atoms with E-state index in [1.807, 2.05) is 35.2 Å². The van der Waals surface area contributed by atoms with Gasteiger partial charge in [0.2, 0.25) is 0 Å². The quantitative estimate of drug-likeness (QED) is 0.805. The first-order valence-corrected chi connectivity index (χ1v) is 8.10. The number of likely N-dealkylation sites (tertiary alicyclic amines) is 1. The SMILES string of the molecule is O=C(c1cc2ccccc2[nH]1)N1CCCC(Oc2ncccn2)C1. The molecule has 1 aromatic carbocycles. The maximum Gasteiger partial charge on any atom is 0.316 e. The smallest absolute Gasteiger partial charge is 0.316 e. The number of para-hydroxylation sites is 1. The molecule has 122 valence electrons. The lowest BCUT2D eigenvalue weighted by Crippen LogP contribution is -2.44. The minimum absolute atomic E-state index is 0.00785. The number of carbonyl (C=O) groups excluding carboxylic acids is 1. The van der Waals surface area contributed by atoms with E-state index >= 15 is 0 Å². The van der Waals surface area contributed by atoms with Crippen LogP contribution in [0.5, 0.6) is 6.01 Å². The molecule has 1 aliphatic rings. The van der Waals surface area contributed by atoms with Crippen molar-refractivity contribution in [3.05, 3.63) is 54.5 Å². The fraction of sp³-hybridized carbons (Fsp3) is 0.278. The van der Waals surface area contributed by atoms with Crippen molar-refractivity contribution in [3.63, 3.8) is 0 Å². The molecule has 0 spiro atoms. The van der Waals surface area contributed by atoms with Crippen molar-refractivity contribution in [3.8, 4) is 6.01 Å². The molecule has 0 radical (unpaired) electrons. The number of hydrogen-bond donors (Lipinski definition) is 1. The van der Waals surface area contributed by atoms with Crippen LogP contribution in [0.3, 0.4) is 0 Å². The van der Waals surface area contributed by atoms with E-state index in [2.05, 4.69) is 15.0 Å². The molecule has 1 amide bonds. The van der Waals surface area contributed by atoms with E-state index in [1.165, 1.54) is 0 Å². The van der Waals surface area contributed by atoms with Gasteiger partial charge in [-0.05, 0) is 31.0 Å². The summed E-state index contributed by atoms with van der Waals surface area (Å²) in [6, 6.07) is 11.9. The molecule has 1 unspecified atom stereocenters. The third-order valence-electron chi connectivity index (χ3n) is 4.24. The summed E-state index contributed by atoms with van der Waals surface area (Å²) < 4.78 is 5.80. The van der Waals surface area contributed by atoms with Crippen molar-refractivity contribution in [2.45, 2.75) is 18.9 Å². The summed E-state index contributed by atoms with van der Waals surface area (Å²) in [7, 11) is 0. The average molecular weight is 322 g/mol. The van der Waals surface area contributed by atoms with Crippen LogP contribution < -0.4 is 4.74 Å². The molecule has 1 N–H and O–H groups in total. The van der Waals surface area contributed by atoms with Gasteiger partial charge in [-0.25, -0.2) is 9.97 Å². The second-order valence-electron chi connectivity index (χ2n) is 5.93. The second-order valence-corrected chi connectivity index (χ2v) is 5.93. The Hall–Kier alpha value is -2.89. The van der Waals surface area contributed by atoms with Crippen LogP contribution in [0.25, 0.3) is 10.9 Å². The van der Waals surface area contributed by atoms with Crippen LogP contribution in [-0.2, 0) is 0 Å². The highest BCUT2D eigenvalue weighted by Crippen LogP contribution is 2.20. The van der Waals surface area contributed by atoms with Crippen molar-refractivity contribution < 1.29 is 9.53 Å². The summed E-state index contributed by atoms with van der Waals surface area (Å²) in [6.07, 6.45) is 5.03. The van der Waals surface area contributed by atoms with Crippen LogP contribution in [-0.4, -0.2) is 45.0 Å². The number of H-pyrrole nitrogens is 1. The number of carbonyl (C=O) groups is 1. The number of aromatic amines is 1. The van der Waals surface area contributed by atoms with E-state index in [0.717, 1.165) is 30.3 Å². The van der Waals surface area contributed by atoms with Gasteiger partial charge in [0.25, 0.3) is 5.91 Å².